The normalized spacial score (nSPS) is 14.6. The molecule has 1 N–H and O–H groups in total. The highest BCUT2D eigenvalue weighted by atomic mass is 32.1. The quantitative estimate of drug-likeness (QED) is 0.733. The van der Waals surface area contributed by atoms with Crippen LogP contribution in [0, 0.1) is 0 Å². The third-order valence-corrected chi connectivity index (χ3v) is 5.74. The second kappa shape index (κ2) is 7.52. The number of nitrogens with one attached hydrogen (secondary N) is 1. The van der Waals surface area contributed by atoms with Crippen molar-refractivity contribution < 1.29 is 9.21 Å². The van der Waals surface area contributed by atoms with Crippen molar-refractivity contribution in [3.05, 3.63) is 63.0 Å². The molecule has 7 heteroatoms. The van der Waals surface area contributed by atoms with Gasteiger partial charge in [-0.05, 0) is 60.7 Å². The van der Waals surface area contributed by atoms with E-state index in [0.29, 0.717) is 0 Å². The van der Waals surface area contributed by atoms with Gasteiger partial charge in [-0.3, -0.25) is 4.79 Å². The molecule has 1 unspecified atom stereocenters. The Morgan fingerprint density at radius 3 is 2.89 bits per heavy atom. The monoisotopic (exact) mass is 383 g/mol. The van der Waals surface area contributed by atoms with Crippen molar-refractivity contribution in [2.75, 3.05) is 0 Å². The van der Waals surface area contributed by atoms with Crippen LogP contribution in [0.4, 0.5) is 0 Å². The van der Waals surface area contributed by atoms with Gasteiger partial charge in [-0.25, -0.2) is 4.79 Å². The van der Waals surface area contributed by atoms with Gasteiger partial charge in [-0.15, -0.1) is 16.4 Å². The Morgan fingerprint density at radius 1 is 1.30 bits per heavy atom. The lowest BCUT2D eigenvalue weighted by Gasteiger charge is -2.20. The highest BCUT2D eigenvalue weighted by molar-refractivity contribution is 7.13. The number of benzene rings is 1. The average Bonchev–Trinajstić information content (AvgIpc) is 3.31. The second-order valence-electron chi connectivity index (χ2n) is 6.83. The average molecular weight is 383 g/mol. The molecule has 1 aliphatic rings. The third-order valence-electron chi connectivity index (χ3n) is 4.88. The van der Waals surface area contributed by atoms with Gasteiger partial charge in [0.15, 0.2) is 0 Å². The topological polar surface area (TPSA) is 77.1 Å². The summed E-state index contributed by atoms with van der Waals surface area (Å²) in [5.41, 5.74) is 3.88. The van der Waals surface area contributed by atoms with Crippen LogP contribution in [-0.2, 0) is 24.2 Å². The number of thiophene rings is 1. The van der Waals surface area contributed by atoms with Crippen LogP contribution in [0.15, 0.2) is 44.9 Å². The Morgan fingerprint density at radius 2 is 2.11 bits per heavy atom. The zero-order chi connectivity index (χ0) is 18.8. The lowest BCUT2D eigenvalue weighted by Crippen LogP contribution is -2.33. The van der Waals surface area contributed by atoms with Crippen molar-refractivity contribution in [2.45, 2.75) is 45.2 Å². The Balaban J connectivity index is 1.43. The second-order valence-corrected chi connectivity index (χ2v) is 7.78. The van der Waals surface area contributed by atoms with E-state index in [-0.39, 0.29) is 24.4 Å². The van der Waals surface area contributed by atoms with Crippen LogP contribution >= 0.6 is 11.3 Å². The maximum absolute atomic E-state index is 12.4. The fourth-order valence-electron chi connectivity index (χ4n) is 3.44. The van der Waals surface area contributed by atoms with Gasteiger partial charge < -0.3 is 9.73 Å². The van der Waals surface area contributed by atoms with Crippen molar-refractivity contribution in [1.29, 1.82) is 0 Å². The number of rotatable bonds is 5. The molecule has 0 radical (unpaired) electrons. The molecule has 1 aliphatic carbocycles. The molecule has 1 aromatic carbocycles. The van der Waals surface area contributed by atoms with E-state index < -0.39 is 5.76 Å². The maximum atomic E-state index is 12.4. The number of hydrogen-bond donors (Lipinski definition) is 1. The number of aromatic nitrogens is 2. The fourth-order valence-corrected chi connectivity index (χ4v) is 4.08. The van der Waals surface area contributed by atoms with Crippen molar-refractivity contribution >= 4 is 17.2 Å². The minimum Gasteiger partial charge on any atom is -0.387 e. The maximum Gasteiger partial charge on any atom is 0.437 e. The minimum atomic E-state index is -0.630. The first-order valence-electron chi connectivity index (χ1n) is 9.13. The van der Waals surface area contributed by atoms with Gasteiger partial charge in [0.25, 0.3) is 5.89 Å². The summed E-state index contributed by atoms with van der Waals surface area (Å²) in [5.74, 6) is -0.658. The molecule has 0 fully saturated rings. The van der Waals surface area contributed by atoms with Crippen LogP contribution in [0.25, 0.3) is 10.8 Å². The van der Waals surface area contributed by atoms with Crippen molar-refractivity contribution in [1.82, 2.24) is 15.1 Å². The number of fused-ring (bicyclic) bond motifs is 1. The number of carbonyl (C=O) groups is 1. The van der Waals surface area contributed by atoms with Crippen LogP contribution < -0.4 is 11.1 Å². The first-order valence-corrected chi connectivity index (χ1v) is 10.0. The van der Waals surface area contributed by atoms with Gasteiger partial charge in [0, 0.05) is 0 Å². The molecule has 27 heavy (non-hydrogen) atoms. The molecule has 0 bridgehead atoms. The molecule has 0 saturated carbocycles. The van der Waals surface area contributed by atoms with E-state index in [1.807, 2.05) is 24.4 Å². The van der Waals surface area contributed by atoms with E-state index in [0.717, 1.165) is 28.0 Å². The van der Waals surface area contributed by atoms with Gasteiger partial charge in [0.05, 0.1) is 10.9 Å². The van der Waals surface area contributed by atoms with Crippen LogP contribution in [0.5, 0.6) is 0 Å². The van der Waals surface area contributed by atoms with Crippen molar-refractivity contribution in [3.8, 4) is 10.8 Å². The van der Waals surface area contributed by atoms with Gasteiger partial charge in [-0.2, -0.15) is 4.68 Å². The number of nitrogens with zero attached hydrogens (tertiary/aromatic N) is 2. The standard InChI is InChI=1S/C20H21N3O3S/c1-13(15-9-8-14-5-2-3-6-16(14)11-15)21-18(24)12-23-20(25)26-19(22-23)17-7-4-10-27-17/h4,7-11,13H,2-3,5-6,12H2,1H3,(H,21,24). The number of amides is 1. The molecule has 0 saturated heterocycles. The molecule has 4 rings (SSSR count). The lowest BCUT2D eigenvalue weighted by molar-refractivity contribution is -0.122. The number of aryl methyl sites for hydroxylation is 2. The summed E-state index contributed by atoms with van der Waals surface area (Å²) < 4.78 is 6.20. The van der Waals surface area contributed by atoms with Gasteiger partial charge in [0.1, 0.15) is 6.54 Å². The van der Waals surface area contributed by atoms with E-state index in [1.165, 1.54) is 35.3 Å². The molecule has 6 nitrogen and oxygen atoms in total. The summed E-state index contributed by atoms with van der Waals surface area (Å²) in [4.78, 5) is 25.1. The Bertz CT molecular complexity index is 1000. The number of hydrogen-bond acceptors (Lipinski definition) is 5. The van der Waals surface area contributed by atoms with Crippen molar-refractivity contribution in [3.63, 3.8) is 0 Å². The summed E-state index contributed by atoms with van der Waals surface area (Å²) in [6.45, 7) is 1.79. The molecular weight excluding hydrogens is 362 g/mol. The molecule has 3 aromatic rings. The van der Waals surface area contributed by atoms with Gasteiger partial charge in [0.2, 0.25) is 5.91 Å². The van der Waals surface area contributed by atoms with Gasteiger partial charge in [-0.1, -0.05) is 24.3 Å². The summed E-state index contributed by atoms with van der Waals surface area (Å²) in [5, 5.41) is 8.94. The summed E-state index contributed by atoms with van der Waals surface area (Å²) in [6.07, 6.45) is 4.71. The van der Waals surface area contributed by atoms with E-state index in [1.54, 1.807) is 0 Å². The summed E-state index contributed by atoms with van der Waals surface area (Å²) in [6, 6.07) is 9.97. The van der Waals surface area contributed by atoms with E-state index in [9.17, 15) is 9.59 Å². The zero-order valence-electron chi connectivity index (χ0n) is 15.1. The molecule has 0 aliphatic heterocycles. The molecule has 2 aromatic heterocycles. The largest absolute Gasteiger partial charge is 0.437 e. The molecule has 1 atom stereocenters. The zero-order valence-corrected chi connectivity index (χ0v) is 15.9. The van der Waals surface area contributed by atoms with E-state index in [4.69, 9.17) is 4.42 Å². The predicted octanol–water partition coefficient (Wildman–Crippen LogP) is 3.32. The van der Waals surface area contributed by atoms with E-state index in [2.05, 4.69) is 28.6 Å². The Hall–Kier alpha value is -2.67. The van der Waals surface area contributed by atoms with Gasteiger partial charge >= 0.3 is 5.76 Å². The fraction of sp³-hybridized carbons (Fsp3) is 0.350. The third kappa shape index (κ3) is 3.88. The van der Waals surface area contributed by atoms with Crippen LogP contribution in [-0.4, -0.2) is 15.7 Å². The van der Waals surface area contributed by atoms with Crippen molar-refractivity contribution in [2.24, 2.45) is 0 Å². The SMILES string of the molecule is CC(NC(=O)Cn1nc(-c2cccs2)oc1=O)c1ccc2c(c1)CCCC2. The Kier molecular flexibility index (Phi) is 4.94. The first kappa shape index (κ1) is 17.7. The summed E-state index contributed by atoms with van der Waals surface area (Å²) in [7, 11) is 0. The van der Waals surface area contributed by atoms with E-state index >= 15 is 0 Å². The number of carbonyl (C=O) groups excluding carboxylic acids is 1. The minimum absolute atomic E-state index is 0.135. The predicted molar refractivity (Wildman–Crippen MR) is 104 cm³/mol. The van der Waals surface area contributed by atoms with Crippen LogP contribution in [0.3, 0.4) is 0 Å². The smallest absolute Gasteiger partial charge is 0.387 e. The first-order chi connectivity index (χ1) is 13.1. The summed E-state index contributed by atoms with van der Waals surface area (Å²) >= 11 is 1.43. The Labute approximate surface area is 160 Å². The molecule has 0 spiro atoms. The molecule has 140 valence electrons. The molecule has 1 amide bonds. The molecular formula is C20H21N3O3S. The van der Waals surface area contributed by atoms with Crippen LogP contribution in [0.2, 0.25) is 0 Å². The highest BCUT2D eigenvalue weighted by Crippen LogP contribution is 2.25. The highest BCUT2D eigenvalue weighted by Gasteiger charge is 2.17. The lowest BCUT2D eigenvalue weighted by atomic mass is 9.89. The van der Waals surface area contributed by atoms with Crippen LogP contribution in [0.1, 0.15) is 42.5 Å². The molecule has 2 heterocycles.